The number of likely N-dealkylation sites (tertiary alicyclic amines) is 1. The predicted octanol–water partition coefficient (Wildman–Crippen LogP) is 4.16. The molecular formula is C23H20BrN3O3. The SMILES string of the molecule is O=C1C(=O)N(CCCn2ccnc2)[C@H](c2cccc(Br)c2)C1=C(O)c1ccccc1. The number of ketones is 1. The summed E-state index contributed by atoms with van der Waals surface area (Å²) in [6.45, 7) is 1.05. The first kappa shape index (κ1) is 20.1. The van der Waals surface area contributed by atoms with Crippen molar-refractivity contribution in [3.63, 3.8) is 0 Å². The minimum atomic E-state index is -0.663. The topological polar surface area (TPSA) is 75.4 Å². The van der Waals surface area contributed by atoms with Gasteiger partial charge in [-0.15, -0.1) is 0 Å². The lowest BCUT2D eigenvalue weighted by atomic mass is 9.95. The van der Waals surface area contributed by atoms with Crippen molar-refractivity contribution < 1.29 is 14.7 Å². The molecule has 6 nitrogen and oxygen atoms in total. The molecule has 30 heavy (non-hydrogen) atoms. The predicted molar refractivity (Wildman–Crippen MR) is 116 cm³/mol. The summed E-state index contributed by atoms with van der Waals surface area (Å²) in [4.78, 5) is 31.4. The van der Waals surface area contributed by atoms with E-state index in [1.807, 2.05) is 41.1 Å². The van der Waals surface area contributed by atoms with E-state index in [0.717, 1.165) is 10.0 Å². The second kappa shape index (κ2) is 8.67. The van der Waals surface area contributed by atoms with Gasteiger partial charge in [0.15, 0.2) is 0 Å². The van der Waals surface area contributed by atoms with Gasteiger partial charge in [0.1, 0.15) is 5.76 Å². The smallest absolute Gasteiger partial charge is 0.295 e. The van der Waals surface area contributed by atoms with Gasteiger partial charge in [0.05, 0.1) is 17.9 Å². The third kappa shape index (κ3) is 3.93. The summed E-state index contributed by atoms with van der Waals surface area (Å²) in [5, 5.41) is 11.0. The van der Waals surface area contributed by atoms with Gasteiger partial charge in [0, 0.05) is 35.5 Å². The molecule has 1 N–H and O–H groups in total. The van der Waals surface area contributed by atoms with Crippen LogP contribution < -0.4 is 0 Å². The number of carbonyl (C=O) groups is 2. The molecule has 1 aromatic heterocycles. The van der Waals surface area contributed by atoms with Crippen molar-refractivity contribution in [3.8, 4) is 0 Å². The van der Waals surface area contributed by atoms with Crippen LogP contribution in [0.4, 0.5) is 0 Å². The molecular weight excluding hydrogens is 446 g/mol. The van der Waals surface area contributed by atoms with Crippen molar-refractivity contribution in [2.45, 2.75) is 19.0 Å². The third-order valence-electron chi connectivity index (χ3n) is 5.13. The number of Topliss-reactive ketones (excluding diaryl/α,β-unsaturated/α-hetero) is 1. The Kier molecular flexibility index (Phi) is 5.81. The van der Waals surface area contributed by atoms with Crippen LogP contribution in [0.15, 0.2) is 83.4 Å². The summed E-state index contributed by atoms with van der Waals surface area (Å²) in [6.07, 6.45) is 5.93. The molecule has 1 fully saturated rings. The maximum absolute atomic E-state index is 13.0. The Labute approximate surface area is 182 Å². The standard InChI is InChI=1S/C23H20BrN3O3/c24-18-9-4-8-17(14-18)20-19(21(28)16-6-2-1-3-7-16)22(29)23(30)27(20)12-5-11-26-13-10-25-15-26/h1-4,6-10,13-15,20,28H,5,11-12H2/t20-/m1/s1. The average Bonchev–Trinajstić information content (AvgIpc) is 3.36. The number of aliphatic hydroxyl groups excluding tert-OH is 1. The fourth-order valence-electron chi connectivity index (χ4n) is 3.73. The first-order valence-corrected chi connectivity index (χ1v) is 10.4. The normalized spacial score (nSPS) is 18.2. The van der Waals surface area contributed by atoms with Crippen molar-refractivity contribution in [1.82, 2.24) is 14.5 Å². The summed E-state index contributed by atoms with van der Waals surface area (Å²) in [7, 11) is 0. The number of nitrogens with zero attached hydrogens (tertiary/aromatic N) is 3. The van der Waals surface area contributed by atoms with E-state index in [0.29, 0.717) is 25.1 Å². The molecule has 4 rings (SSSR count). The molecule has 0 bridgehead atoms. The maximum atomic E-state index is 13.0. The Hall–Kier alpha value is -3.19. The number of benzene rings is 2. The van der Waals surface area contributed by atoms with Gasteiger partial charge in [-0.25, -0.2) is 4.98 Å². The molecule has 1 aliphatic rings. The number of aryl methyl sites for hydroxylation is 1. The Bertz CT molecular complexity index is 1090. The Morgan fingerprint density at radius 2 is 1.87 bits per heavy atom. The molecule has 2 heterocycles. The van der Waals surface area contributed by atoms with E-state index in [2.05, 4.69) is 20.9 Å². The molecule has 0 saturated carbocycles. The number of hydrogen-bond acceptors (Lipinski definition) is 4. The summed E-state index contributed by atoms with van der Waals surface area (Å²) in [6, 6.07) is 15.7. The van der Waals surface area contributed by atoms with Gasteiger partial charge >= 0.3 is 0 Å². The van der Waals surface area contributed by atoms with Crippen LogP contribution in [0.5, 0.6) is 0 Å². The van der Waals surface area contributed by atoms with Gasteiger partial charge in [0.25, 0.3) is 11.7 Å². The van der Waals surface area contributed by atoms with Crippen molar-refractivity contribution in [3.05, 3.63) is 94.5 Å². The Balaban J connectivity index is 1.73. The van der Waals surface area contributed by atoms with Crippen LogP contribution >= 0.6 is 15.9 Å². The highest BCUT2D eigenvalue weighted by molar-refractivity contribution is 9.10. The molecule has 0 aliphatic carbocycles. The number of aliphatic hydroxyl groups is 1. The fourth-order valence-corrected chi connectivity index (χ4v) is 4.14. The van der Waals surface area contributed by atoms with E-state index in [4.69, 9.17) is 0 Å². The third-order valence-corrected chi connectivity index (χ3v) is 5.62. The molecule has 152 valence electrons. The molecule has 1 saturated heterocycles. The van der Waals surface area contributed by atoms with Crippen LogP contribution in [0.2, 0.25) is 0 Å². The number of aromatic nitrogens is 2. The molecule has 2 aromatic carbocycles. The highest BCUT2D eigenvalue weighted by Gasteiger charge is 2.45. The Morgan fingerprint density at radius 3 is 2.57 bits per heavy atom. The number of amides is 1. The number of halogens is 1. The van der Waals surface area contributed by atoms with Crippen LogP contribution in [-0.4, -0.2) is 37.8 Å². The van der Waals surface area contributed by atoms with Crippen LogP contribution in [0, 0.1) is 0 Å². The van der Waals surface area contributed by atoms with Crippen LogP contribution in [0.25, 0.3) is 5.76 Å². The molecule has 7 heteroatoms. The second-order valence-corrected chi connectivity index (χ2v) is 7.98. The van der Waals surface area contributed by atoms with Crippen LogP contribution in [0.1, 0.15) is 23.6 Å². The number of hydrogen-bond donors (Lipinski definition) is 1. The fraction of sp³-hybridized carbons (Fsp3) is 0.174. The Morgan fingerprint density at radius 1 is 1.07 bits per heavy atom. The average molecular weight is 466 g/mol. The lowest BCUT2D eigenvalue weighted by Gasteiger charge is -2.25. The highest BCUT2D eigenvalue weighted by Crippen LogP contribution is 2.40. The summed E-state index contributed by atoms with van der Waals surface area (Å²) < 4.78 is 2.76. The first-order chi connectivity index (χ1) is 14.6. The van der Waals surface area contributed by atoms with Crippen molar-refractivity contribution in [1.29, 1.82) is 0 Å². The molecule has 1 aliphatic heterocycles. The van der Waals surface area contributed by atoms with Crippen LogP contribution in [0.3, 0.4) is 0 Å². The van der Waals surface area contributed by atoms with Gasteiger partial charge in [0.2, 0.25) is 0 Å². The molecule has 1 atom stereocenters. The minimum Gasteiger partial charge on any atom is -0.507 e. The van der Waals surface area contributed by atoms with E-state index in [9.17, 15) is 14.7 Å². The highest BCUT2D eigenvalue weighted by atomic mass is 79.9. The molecule has 0 unspecified atom stereocenters. The summed E-state index contributed by atoms with van der Waals surface area (Å²) in [5.74, 6) is -1.41. The van der Waals surface area contributed by atoms with Crippen molar-refractivity contribution in [2.75, 3.05) is 6.54 Å². The van der Waals surface area contributed by atoms with E-state index in [-0.39, 0.29) is 11.3 Å². The number of carbonyl (C=O) groups excluding carboxylic acids is 2. The first-order valence-electron chi connectivity index (χ1n) is 9.61. The molecule has 0 spiro atoms. The molecule has 0 radical (unpaired) electrons. The van der Waals surface area contributed by atoms with E-state index in [1.165, 1.54) is 0 Å². The second-order valence-electron chi connectivity index (χ2n) is 7.07. The van der Waals surface area contributed by atoms with Gasteiger partial charge in [-0.3, -0.25) is 9.59 Å². The minimum absolute atomic E-state index is 0.118. The van der Waals surface area contributed by atoms with Crippen molar-refractivity contribution >= 4 is 33.4 Å². The summed E-state index contributed by atoms with van der Waals surface area (Å²) >= 11 is 3.46. The van der Waals surface area contributed by atoms with Crippen molar-refractivity contribution in [2.24, 2.45) is 0 Å². The molecule has 1 amide bonds. The summed E-state index contributed by atoms with van der Waals surface area (Å²) in [5.41, 5.74) is 1.39. The number of imidazole rings is 1. The monoisotopic (exact) mass is 465 g/mol. The van der Waals surface area contributed by atoms with Crippen LogP contribution in [-0.2, 0) is 16.1 Å². The van der Waals surface area contributed by atoms with E-state index >= 15 is 0 Å². The van der Waals surface area contributed by atoms with E-state index < -0.39 is 17.7 Å². The zero-order valence-corrected chi connectivity index (χ0v) is 17.7. The maximum Gasteiger partial charge on any atom is 0.295 e. The zero-order chi connectivity index (χ0) is 21.1. The van der Waals surface area contributed by atoms with Gasteiger partial charge in [-0.1, -0.05) is 58.4 Å². The van der Waals surface area contributed by atoms with Gasteiger partial charge in [-0.05, 0) is 24.1 Å². The largest absolute Gasteiger partial charge is 0.507 e. The van der Waals surface area contributed by atoms with Gasteiger partial charge < -0.3 is 14.6 Å². The number of rotatable bonds is 6. The van der Waals surface area contributed by atoms with Gasteiger partial charge in [-0.2, -0.15) is 0 Å². The zero-order valence-electron chi connectivity index (χ0n) is 16.1. The van der Waals surface area contributed by atoms with E-state index in [1.54, 1.807) is 41.7 Å². The lowest BCUT2D eigenvalue weighted by Crippen LogP contribution is -2.31. The lowest BCUT2D eigenvalue weighted by molar-refractivity contribution is -0.139. The molecule has 3 aromatic rings. The quantitative estimate of drug-likeness (QED) is 0.337.